The molecule has 0 bridgehead atoms. The number of hydrogen-bond donors (Lipinski definition) is 1. The number of ether oxygens (including phenoxy) is 1. The molecule has 138 valence electrons. The van der Waals surface area contributed by atoms with E-state index in [1.165, 1.54) is 5.56 Å². The van der Waals surface area contributed by atoms with Crippen molar-refractivity contribution in [3.05, 3.63) is 48.0 Å². The highest BCUT2D eigenvalue weighted by Gasteiger charge is 2.20. The lowest BCUT2D eigenvalue weighted by molar-refractivity contribution is -0.136. The summed E-state index contributed by atoms with van der Waals surface area (Å²) in [6.07, 6.45) is 0.997. The molecule has 2 aromatic rings. The van der Waals surface area contributed by atoms with E-state index in [0.29, 0.717) is 5.82 Å². The number of piperazine rings is 1. The van der Waals surface area contributed by atoms with E-state index < -0.39 is 0 Å². The van der Waals surface area contributed by atoms with Crippen LogP contribution < -0.4 is 5.73 Å². The molecule has 0 spiro atoms. The summed E-state index contributed by atoms with van der Waals surface area (Å²) in [5.74, 6) is 0.618. The maximum absolute atomic E-state index is 11.8. The van der Waals surface area contributed by atoms with Crippen LogP contribution in [0, 0.1) is 0 Å². The van der Waals surface area contributed by atoms with Gasteiger partial charge in [-0.1, -0.05) is 30.3 Å². The van der Waals surface area contributed by atoms with Crippen LogP contribution in [0.2, 0.25) is 0 Å². The smallest absolute Gasteiger partial charge is 0.248 e. The Labute approximate surface area is 154 Å². The number of hydrogen-bond acceptors (Lipinski definition) is 5. The Balaban J connectivity index is 1.48. The van der Waals surface area contributed by atoms with E-state index in [9.17, 15) is 4.79 Å². The van der Waals surface area contributed by atoms with Crippen molar-refractivity contribution in [1.82, 2.24) is 14.8 Å². The van der Waals surface area contributed by atoms with Crippen molar-refractivity contribution < 1.29 is 9.53 Å². The number of nitrogens with two attached hydrogens (primary N) is 1. The van der Waals surface area contributed by atoms with Crippen molar-refractivity contribution in [3.8, 4) is 11.3 Å². The van der Waals surface area contributed by atoms with Crippen molar-refractivity contribution in [2.45, 2.75) is 6.42 Å². The SMILES string of the molecule is COCC(=O)N1CCN(CCc2ccc(-c3cccc(N)n3)cc2)CC1. The predicted octanol–water partition coefficient (Wildman–Crippen LogP) is 1.66. The number of carbonyl (C=O) groups is 1. The molecule has 6 heteroatoms. The average Bonchev–Trinajstić information content (AvgIpc) is 2.67. The summed E-state index contributed by atoms with van der Waals surface area (Å²) in [5.41, 5.74) is 9.03. The molecule has 1 aliphatic heterocycles. The summed E-state index contributed by atoms with van der Waals surface area (Å²) < 4.78 is 4.92. The summed E-state index contributed by atoms with van der Waals surface area (Å²) in [7, 11) is 1.56. The van der Waals surface area contributed by atoms with Crippen LogP contribution in [0.4, 0.5) is 5.82 Å². The molecule has 1 saturated heterocycles. The quantitative estimate of drug-likeness (QED) is 0.854. The molecule has 1 aliphatic rings. The van der Waals surface area contributed by atoms with Gasteiger partial charge in [0, 0.05) is 45.4 Å². The molecule has 0 atom stereocenters. The highest BCUT2D eigenvalue weighted by Crippen LogP contribution is 2.19. The van der Waals surface area contributed by atoms with E-state index in [1.54, 1.807) is 13.2 Å². The van der Waals surface area contributed by atoms with Gasteiger partial charge in [0.05, 0.1) is 5.69 Å². The Morgan fingerprint density at radius 1 is 1.12 bits per heavy atom. The van der Waals surface area contributed by atoms with E-state index in [-0.39, 0.29) is 12.5 Å². The molecular weight excluding hydrogens is 328 g/mol. The molecule has 6 nitrogen and oxygen atoms in total. The number of amides is 1. The third kappa shape index (κ3) is 4.80. The Morgan fingerprint density at radius 2 is 1.85 bits per heavy atom. The van der Waals surface area contributed by atoms with Crippen molar-refractivity contribution in [2.24, 2.45) is 0 Å². The van der Waals surface area contributed by atoms with Gasteiger partial charge in [-0.15, -0.1) is 0 Å². The number of nitrogen functional groups attached to an aromatic ring is 1. The topological polar surface area (TPSA) is 71.7 Å². The molecule has 0 aliphatic carbocycles. The van der Waals surface area contributed by atoms with Gasteiger partial charge in [-0.2, -0.15) is 0 Å². The lowest BCUT2D eigenvalue weighted by atomic mass is 10.1. The first-order chi connectivity index (χ1) is 12.7. The second kappa shape index (κ2) is 8.78. The lowest BCUT2D eigenvalue weighted by Crippen LogP contribution is -2.50. The number of anilines is 1. The van der Waals surface area contributed by atoms with Gasteiger partial charge in [-0.3, -0.25) is 9.69 Å². The van der Waals surface area contributed by atoms with Gasteiger partial charge < -0.3 is 15.4 Å². The van der Waals surface area contributed by atoms with Gasteiger partial charge >= 0.3 is 0 Å². The fourth-order valence-corrected chi connectivity index (χ4v) is 3.18. The summed E-state index contributed by atoms with van der Waals surface area (Å²) >= 11 is 0. The monoisotopic (exact) mass is 354 g/mol. The van der Waals surface area contributed by atoms with Crippen LogP contribution in [0.3, 0.4) is 0 Å². The molecule has 0 unspecified atom stereocenters. The van der Waals surface area contributed by atoms with Crippen molar-refractivity contribution in [3.63, 3.8) is 0 Å². The van der Waals surface area contributed by atoms with Gasteiger partial charge in [-0.05, 0) is 24.1 Å². The zero-order chi connectivity index (χ0) is 18.4. The van der Waals surface area contributed by atoms with E-state index in [2.05, 4.69) is 34.1 Å². The second-order valence-corrected chi connectivity index (χ2v) is 6.55. The Kier molecular flexibility index (Phi) is 6.20. The van der Waals surface area contributed by atoms with Crippen LogP contribution in [0.1, 0.15) is 5.56 Å². The van der Waals surface area contributed by atoms with E-state index >= 15 is 0 Å². The van der Waals surface area contributed by atoms with Crippen LogP contribution in [-0.4, -0.2) is 67.1 Å². The largest absolute Gasteiger partial charge is 0.384 e. The molecule has 1 aromatic heterocycles. The first-order valence-corrected chi connectivity index (χ1v) is 8.96. The summed E-state index contributed by atoms with van der Waals surface area (Å²) in [6.45, 7) is 4.57. The summed E-state index contributed by atoms with van der Waals surface area (Å²) in [5, 5.41) is 0. The molecule has 3 rings (SSSR count). The number of rotatable bonds is 6. The summed E-state index contributed by atoms with van der Waals surface area (Å²) in [4.78, 5) is 20.5. The first kappa shape index (κ1) is 18.4. The number of nitrogens with zero attached hydrogens (tertiary/aromatic N) is 3. The van der Waals surface area contributed by atoms with Crippen molar-refractivity contribution >= 4 is 11.7 Å². The number of carbonyl (C=O) groups excluding carboxylic acids is 1. The standard InChI is InChI=1S/C20H26N4O2/c1-26-15-20(25)24-13-11-23(12-14-24)10-9-16-5-7-17(8-6-16)18-3-2-4-19(21)22-18/h2-8H,9-15H2,1H3,(H2,21,22). The summed E-state index contributed by atoms with van der Waals surface area (Å²) in [6, 6.07) is 14.2. The fraction of sp³-hybridized carbons (Fsp3) is 0.400. The van der Waals surface area contributed by atoms with Gasteiger partial charge in [0.2, 0.25) is 5.91 Å². The average molecular weight is 354 g/mol. The highest BCUT2D eigenvalue weighted by molar-refractivity contribution is 5.77. The number of aromatic nitrogens is 1. The zero-order valence-corrected chi connectivity index (χ0v) is 15.2. The lowest BCUT2D eigenvalue weighted by Gasteiger charge is -2.34. The van der Waals surface area contributed by atoms with E-state index in [0.717, 1.165) is 50.4 Å². The van der Waals surface area contributed by atoms with E-state index in [4.69, 9.17) is 10.5 Å². The molecule has 0 saturated carbocycles. The second-order valence-electron chi connectivity index (χ2n) is 6.55. The Bertz CT molecular complexity index is 725. The molecule has 0 radical (unpaired) electrons. The molecule has 2 N–H and O–H groups in total. The highest BCUT2D eigenvalue weighted by atomic mass is 16.5. The van der Waals surface area contributed by atoms with Crippen molar-refractivity contribution in [1.29, 1.82) is 0 Å². The van der Waals surface area contributed by atoms with Crippen LogP contribution >= 0.6 is 0 Å². The van der Waals surface area contributed by atoms with Crippen LogP contribution in [0.5, 0.6) is 0 Å². The van der Waals surface area contributed by atoms with E-state index in [1.807, 2.05) is 17.0 Å². The number of benzene rings is 1. The van der Waals surface area contributed by atoms with Gasteiger partial charge in [-0.25, -0.2) is 4.98 Å². The molecule has 2 heterocycles. The van der Waals surface area contributed by atoms with Crippen molar-refractivity contribution in [2.75, 3.05) is 52.2 Å². The minimum atomic E-state index is 0.0814. The number of pyridine rings is 1. The number of methoxy groups -OCH3 is 1. The van der Waals surface area contributed by atoms with Crippen LogP contribution in [0.15, 0.2) is 42.5 Å². The molecule has 1 aromatic carbocycles. The van der Waals surface area contributed by atoms with Gasteiger partial charge in [0.15, 0.2) is 0 Å². The third-order valence-corrected chi connectivity index (χ3v) is 4.73. The van der Waals surface area contributed by atoms with Gasteiger partial charge in [0.25, 0.3) is 0 Å². The maximum Gasteiger partial charge on any atom is 0.248 e. The molecular formula is C20H26N4O2. The normalized spacial score (nSPS) is 15.2. The minimum absolute atomic E-state index is 0.0814. The fourth-order valence-electron chi connectivity index (χ4n) is 3.18. The first-order valence-electron chi connectivity index (χ1n) is 8.96. The molecule has 1 fully saturated rings. The van der Waals surface area contributed by atoms with Gasteiger partial charge in [0.1, 0.15) is 12.4 Å². The minimum Gasteiger partial charge on any atom is -0.384 e. The maximum atomic E-state index is 11.8. The van der Waals surface area contributed by atoms with Crippen LogP contribution in [0.25, 0.3) is 11.3 Å². The van der Waals surface area contributed by atoms with Crippen LogP contribution in [-0.2, 0) is 16.0 Å². The molecule has 26 heavy (non-hydrogen) atoms. The Morgan fingerprint density at radius 3 is 2.50 bits per heavy atom. The predicted molar refractivity (Wildman–Crippen MR) is 103 cm³/mol. The zero-order valence-electron chi connectivity index (χ0n) is 15.2. The molecule has 1 amide bonds. The third-order valence-electron chi connectivity index (χ3n) is 4.73. The Hall–Kier alpha value is -2.44.